The van der Waals surface area contributed by atoms with Crippen molar-refractivity contribution in [2.45, 2.75) is 56.5 Å². The first-order valence-corrected chi connectivity index (χ1v) is 16.0. The zero-order valence-corrected chi connectivity index (χ0v) is 27.1. The van der Waals surface area contributed by atoms with Gasteiger partial charge < -0.3 is 19.5 Å². The molecule has 1 unspecified atom stereocenters. The standard InChI is InChI=1S/C33H38F3N5O4S/c1-22-19-27(13-14-30(22)45-32(2,3)31(42)43)46-21-29-28(37-41(38-29)25-7-5-23(6-8-25)33(34,35)36)20-39-15-17-40(18-16-39)24-9-11-26(44-4)12-10-24/h5-14,27H,15-21H2,1-4H3,(H,42,43). The maximum Gasteiger partial charge on any atom is 0.416 e. The lowest BCUT2D eigenvalue weighted by atomic mass is 10.0. The number of carbonyl (C=O) groups is 1. The van der Waals surface area contributed by atoms with Crippen molar-refractivity contribution >= 4 is 23.4 Å². The summed E-state index contributed by atoms with van der Waals surface area (Å²) < 4.78 is 50.5. The molecule has 0 bridgehead atoms. The monoisotopic (exact) mass is 657 g/mol. The van der Waals surface area contributed by atoms with Gasteiger partial charge in [-0.15, -0.1) is 11.8 Å². The zero-order chi connectivity index (χ0) is 33.1. The molecule has 2 aromatic carbocycles. The van der Waals surface area contributed by atoms with Crippen molar-refractivity contribution in [3.05, 3.63) is 89.0 Å². The van der Waals surface area contributed by atoms with E-state index in [2.05, 4.69) is 21.9 Å². The first kappa shape index (κ1) is 33.4. The second-order valence-corrected chi connectivity index (χ2v) is 13.1. The van der Waals surface area contributed by atoms with Gasteiger partial charge in [-0.3, -0.25) is 4.90 Å². The first-order valence-electron chi connectivity index (χ1n) is 15.0. The number of halogens is 3. The Morgan fingerprint density at radius 1 is 0.978 bits per heavy atom. The van der Waals surface area contributed by atoms with Gasteiger partial charge in [0, 0.05) is 49.4 Å². The molecule has 246 valence electrons. The van der Waals surface area contributed by atoms with Crippen molar-refractivity contribution in [3.8, 4) is 11.4 Å². The van der Waals surface area contributed by atoms with E-state index in [1.54, 1.807) is 18.9 Å². The van der Waals surface area contributed by atoms with E-state index in [1.165, 1.54) is 30.8 Å². The highest BCUT2D eigenvalue weighted by molar-refractivity contribution is 7.99. The topological polar surface area (TPSA) is 93.0 Å². The number of thioether (sulfide) groups is 1. The average Bonchev–Trinajstić information content (AvgIpc) is 3.43. The van der Waals surface area contributed by atoms with Gasteiger partial charge in [-0.2, -0.15) is 28.2 Å². The van der Waals surface area contributed by atoms with Crippen LogP contribution in [0.2, 0.25) is 0 Å². The summed E-state index contributed by atoms with van der Waals surface area (Å²) in [4.78, 5) is 17.6. The number of methoxy groups -OCH3 is 1. The number of aromatic nitrogens is 3. The molecule has 1 fully saturated rings. The lowest BCUT2D eigenvalue weighted by Crippen LogP contribution is -2.46. The molecule has 1 aliphatic heterocycles. The van der Waals surface area contributed by atoms with Crippen molar-refractivity contribution in [3.63, 3.8) is 0 Å². The maximum absolute atomic E-state index is 13.2. The van der Waals surface area contributed by atoms with Gasteiger partial charge >= 0.3 is 12.1 Å². The minimum absolute atomic E-state index is 0.109. The molecule has 2 heterocycles. The molecular formula is C33H38F3N5O4S. The van der Waals surface area contributed by atoms with Crippen LogP contribution in [-0.2, 0) is 28.0 Å². The summed E-state index contributed by atoms with van der Waals surface area (Å²) in [5, 5.41) is 19.0. The number of ether oxygens (including phenoxy) is 2. The SMILES string of the molecule is COc1ccc(N2CCN(Cc3nn(-c4ccc(C(F)(F)F)cc4)nc3CSC3C=CC(OC(C)(C)C(=O)O)=C(C)C3)CC2)cc1. The Labute approximate surface area is 270 Å². The third kappa shape index (κ3) is 8.05. The van der Waals surface area contributed by atoms with Gasteiger partial charge in [0.1, 0.15) is 17.2 Å². The number of carboxylic acids is 1. The fraction of sp³-hybridized carbons (Fsp3) is 0.424. The highest BCUT2D eigenvalue weighted by atomic mass is 32.2. The van der Waals surface area contributed by atoms with Gasteiger partial charge in [-0.1, -0.05) is 6.08 Å². The van der Waals surface area contributed by atoms with Gasteiger partial charge in [0.05, 0.1) is 24.1 Å². The Morgan fingerprint density at radius 2 is 1.61 bits per heavy atom. The Hall–Kier alpha value is -3.97. The number of anilines is 1. The number of allylic oxidation sites excluding steroid dienone is 2. The molecule has 0 spiro atoms. The summed E-state index contributed by atoms with van der Waals surface area (Å²) in [5.41, 5.74) is 2.03. The third-order valence-corrected chi connectivity index (χ3v) is 9.27. The molecule has 1 aliphatic carbocycles. The molecule has 1 N–H and O–H groups in total. The smallest absolute Gasteiger partial charge is 0.416 e. The fourth-order valence-electron chi connectivity index (χ4n) is 5.22. The van der Waals surface area contributed by atoms with Gasteiger partial charge in [0.15, 0.2) is 5.60 Å². The Balaban J connectivity index is 1.28. The van der Waals surface area contributed by atoms with Crippen LogP contribution < -0.4 is 9.64 Å². The Morgan fingerprint density at radius 3 is 2.20 bits per heavy atom. The van der Waals surface area contributed by atoms with Crippen LogP contribution in [0.1, 0.15) is 44.1 Å². The highest BCUT2D eigenvalue weighted by Gasteiger charge is 2.32. The van der Waals surface area contributed by atoms with Gasteiger partial charge in [-0.25, -0.2) is 4.79 Å². The van der Waals surface area contributed by atoms with Crippen molar-refractivity contribution in [2.75, 3.05) is 38.2 Å². The number of hydrogen-bond donors (Lipinski definition) is 1. The molecule has 46 heavy (non-hydrogen) atoms. The van der Waals surface area contributed by atoms with Crippen LogP contribution in [0, 0.1) is 0 Å². The predicted octanol–water partition coefficient (Wildman–Crippen LogP) is 6.33. The van der Waals surface area contributed by atoms with Gasteiger partial charge in [0.25, 0.3) is 0 Å². The molecule has 5 rings (SSSR count). The van der Waals surface area contributed by atoms with Crippen LogP contribution in [0.5, 0.6) is 5.75 Å². The molecule has 0 radical (unpaired) electrons. The molecule has 2 aliphatic rings. The zero-order valence-electron chi connectivity index (χ0n) is 26.3. The number of benzene rings is 2. The number of hydrogen-bond acceptors (Lipinski definition) is 8. The van der Waals surface area contributed by atoms with E-state index in [1.807, 2.05) is 31.2 Å². The molecular weight excluding hydrogens is 619 g/mol. The number of alkyl halides is 3. The molecule has 1 atom stereocenters. The summed E-state index contributed by atoms with van der Waals surface area (Å²) in [7, 11) is 1.65. The van der Waals surface area contributed by atoms with Crippen LogP contribution in [0.25, 0.3) is 5.69 Å². The second kappa shape index (κ2) is 13.8. The molecule has 3 aromatic rings. The quantitative estimate of drug-likeness (QED) is 0.254. The van der Waals surface area contributed by atoms with E-state index in [4.69, 9.17) is 19.7 Å². The highest BCUT2D eigenvalue weighted by Crippen LogP contribution is 2.33. The van der Waals surface area contributed by atoms with E-state index >= 15 is 0 Å². The summed E-state index contributed by atoms with van der Waals surface area (Å²) in [6, 6.07) is 12.9. The van der Waals surface area contributed by atoms with Crippen LogP contribution in [0.4, 0.5) is 18.9 Å². The number of rotatable bonds is 11. The lowest BCUT2D eigenvalue weighted by molar-refractivity contribution is -0.156. The molecule has 1 aromatic heterocycles. The fourth-order valence-corrected chi connectivity index (χ4v) is 6.37. The van der Waals surface area contributed by atoms with Crippen molar-refractivity contribution in [2.24, 2.45) is 0 Å². The Kier molecular flexibility index (Phi) is 10.0. The number of nitrogens with zero attached hydrogens (tertiary/aromatic N) is 5. The largest absolute Gasteiger partial charge is 0.497 e. The molecule has 13 heteroatoms. The van der Waals surface area contributed by atoms with Crippen LogP contribution in [-0.4, -0.2) is 75.1 Å². The molecule has 0 amide bonds. The van der Waals surface area contributed by atoms with Crippen LogP contribution in [0.3, 0.4) is 0 Å². The second-order valence-electron chi connectivity index (χ2n) is 11.9. The normalized spacial score (nSPS) is 17.8. The van der Waals surface area contributed by atoms with E-state index in [0.717, 1.165) is 66.7 Å². The van der Waals surface area contributed by atoms with E-state index in [-0.39, 0.29) is 5.25 Å². The maximum atomic E-state index is 13.2. The van der Waals surface area contributed by atoms with Gasteiger partial charge in [-0.05, 0) is 87.4 Å². The Bertz CT molecular complexity index is 1580. The minimum Gasteiger partial charge on any atom is -0.497 e. The summed E-state index contributed by atoms with van der Waals surface area (Å²) >= 11 is 1.68. The summed E-state index contributed by atoms with van der Waals surface area (Å²) in [6.07, 6.45) is 0.0833. The van der Waals surface area contributed by atoms with Gasteiger partial charge in [0.2, 0.25) is 0 Å². The van der Waals surface area contributed by atoms with E-state index in [0.29, 0.717) is 30.2 Å². The number of piperazine rings is 1. The molecule has 0 saturated carbocycles. The predicted molar refractivity (Wildman–Crippen MR) is 171 cm³/mol. The van der Waals surface area contributed by atoms with E-state index < -0.39 is 23.3 Å². The van der Waals surface area contributed by atoms with Crippen molar-refractivity contribution in [1.82, 2.24) is 19.9 Å². The number of aliphatic carboxylic acids is 1. The first-order chi connectivity index (χ1) is 21.8. The van der Waals surface area contributed by atoms with Crippen LogP contribution in [0.15, 0.2) is 72.0 Å². The third-order valence-electron chi connectivity index (χ3n) is 8.08. The number of carboxylic acid groups (broad SMARTS) is 1. The van der Waals surface area contributed by atoms with Crippen LogP contribution >= 0.6 is 11.8 Å². The minimum atomic E-state index is -4.43. The summed E-state index contributed by atoms with van der Waals surface area (Å²) in [5.74, 6) is 0.881. The van der Waals surface area contributed by atoms with Crippen molar-refractivity contribution < 1.29 is 32.5 Å². The summed E-state index contributed by atoms with van der Waals surface area (Å²) in [6.45, 7) is 8.84. The van der Waals surface area contributed by atoms with Crippen molar-refractivity contribution in [1.29, 1.82) is 0 Å². The average molecular weight is 658 g/mol. The lowest BCUT2D eigenvalue weighted by Gasteiger charge is -2.35. The molecule has 1 saturated heterocycles. The van der Waals surface area contributed by atoms with E-state index in [9.17, 15) is 23.1 Å². The molecule has 9 nitrogen and oxygen atoms in total.